The molecule has 112 valence electrons. The lowest BCUT2D eigenvalue weighted by atomic mass is 9.85. The first-order chi connectivity index (χ1) is 9.48. The second kappa shape index (κ2) is 6.76. The molecule has 0 amide bonds. The molecule has 0 heterocycles. The van der Waals surface area contributed by atoms with Crippen LogP contribution < -0.4 is 5.32 Å². The predicted molar refractivity (Wildman–Crippen MR) is 87.8 cm³/mol. The molecule has 2 atom stereocenters. The van der Waals surface area contributed by atoms with Crippen LogP contribution in [0, 0.1) is 11.3 Å². The van der Waals surface area contributed by atoms with E-state index in [0.717, 1.165) is 5.92 Å². The van der Waals surface area contributed by atoms with Gasteiger partial charge >= 0.3 is 0 Å². The highest BCUT2D eigenvalue weighted by atomic mass is 15.0. The molecule has 0 aliphatic heterocycles. The van der Waals surface area contributed by atoms with Gasteiger partial charge in [0.15, 0.2) is 0 Å². The molecule has 1 aliphatic carbocycles. The van der Waals surface area contributed by atoms with E-state index < -0.39 is 0 Å². The van der Waals surface area contributed by atoms with Gasteiger partial charge in [0.05, 0.1) is 0 Å². The normalized spacial score (nSPS) is 18.8. The summed E-state index contributed by atoms with van der Waals surface area (Å²) in [5, 5.41) is 3.95. The van der Waals surface area contributed by atoms with Crippen molar-refractivity contribution < 1.29 is 0 Å². The van der Waals surface area contributed by atoms with Gasteiger partial charge in [0.1, 0.15) is 0 Å². The van der Waals surface area contributed by atoms with Gasteiger partial charge in [-0.1, -0.05) is 70.9 Å². The number of nitrogens with one attached hydrogen (secondary N) is 1. The highest BCUT2D eigenvalue weighted by Crippen LogP contribution is 2.36. The average Bonchev–Trinajstić information content (AvgIpc) is 3.20. The number of benzene rings is 1. The van der Waals surface area contributed by atoms with Crippen LogP contribution in [0.3, 0.4) is 0 Å². The molecule has 1 aromatic carbocycles. The molecule has 0 radical (unpaired) electrons. The van der Waals surface area contributed by atoms with Gasteiger partial charge in [-0.15, -0.1) is 0 Å². The van der Waals surface area contributed by atoms with E-state index in [1.807, 2.05) is 0 Å². The summed E-state index contributed by atoms with van der Waals surface area (Å²) >= 11 is 0. The Kier molecular flexibility index (Phi) is 5.26. The molecular formula is C19H31N. The second-order valence-corrected chi connectivity index (χ2v) is 7.68. The minimum absolute atomic E-state index is 0.353. The zero-order valence-corrected chi connectivity index (χ0v) is 13.7. The standard InChI is InChI=1S/C19H31N/c1-5-17(13-15-11-12-15)20-18(14-19(2,3)4)16-9-7-6-8-10-16/h6-10,15,17-18,20H,5,11-14H2,1-4H3. The fourth-order valence-corrected chi connectivity index (χ4v) is 2.96. The molecule has 2 unspecified atom stereocenters. The molecule has 0 spiro atoms. The Morgan fingerprint density at radius 2 is 1.80 bits per heavy atom. The van der Waals surface area contributed by atoms with Crippen LogP contribution in [0.5, 0.6) is 0 Å². The average molecular weight is 273 g/mol. The molecule has 0 aromatic heterocycles. The maximum atomic E-state index is 3.95. The summed E-state index contributed by atoms with van der Waals surface area (Å²) in [5.74, 6) is 0.999. The highest BCUT2D eigenvalue weighted by molar-refractivity contribution is 5.19. The van der Waals surface area contributed by atoms with Gasteiger partial charge < -0.3 is 5.32 Å². The molecule has 1 fully saturated rings. The van der Waals surface area contributed by atoms with Gasteiger partial charge in [-0.25, -0.2) is 0 Å². The summed E-state index contributed by atoms with van der Waals surface area (Å²) in [7, 11) is 0. The molecule has 1 saturated carbocycles. The molecule has 1 aromatic rings. The van der Waals surface area contributed by atoms with Gasteiger partial charge in [-0.2, -0.15) is 0 Å². The molecule has 1 heteroatoms. The molecule has 20 heavy (non-hydrogen) atoms. The monoisotopic (exact) mass is 273 g/mol. The van der Waals surface area contributed by atoms with Crippen LogP contribution in [-0.4, -0.2) is 6.04 Å². The minimum atomic E-state index is 0.353. The summed E-state index contributed by atoms with van der Waals surface area (Å²) < 4.78 is 0. The van der Waals surface area contributed by atoms with Gasteiger partial charge in [0.25, 0.3) is 0 Å². The molecule has 2 rings (SSSR count). The lowest BCUT2D eigenvalue weighted by Gasteiger charge is -2.31. The molecular weight excluding hydrogens is 242 g/mol. The summed E-state index contributed by atoms with van der Waals surface area (Å²) in [6.45, 7) is 9.34. The van der Waals surface area contributed by atoms with Gasteiger partial charge in [-0.3, -0.25) is 0 Å². The van der Waals surface area contributed by atoms with E-state index in [2.05, 4.69) is 63.3 Å². The van der Waals surface area contributed by atoms with Gasteiger partial charge in [0.2, 0.25) is 0 Å². The third-order valence-corrected chi connectivity index (χ3v) is 4.26. The van der Waals surface area contributed by atoms with Gasteiger partial charge in [0, 0.05) is 12.1 Å². The van der Waals surface area contributed by atoms with Crippen molar-refractivity contribution in [1.82, 2.24) is 5.32 Å². The van der Waals surface area contributed by atoms with Crippen molar-refractivity contribution in [3.63, 3.8) is 0 Å². The second-order valence-electron chi connectivity index (χ2n) is 7.68. The van der Waals surface area contributed by atoms with E-state index in [1.165, 1.54) is 37.7 Å². The SMILES string of the molecule is CCC(CC1CC1)NC(CC(C)(C)C)c1ccccc1. The first kappa shape index (κ1) is 15.6. The molecule has 1 nitrogen and oxygen atoms in total. The van der Waals surface area contributed by atoms with Gasteiger partial charge in [-0.05, 0) is 36.2 Å². The Bertz CT molecular complexity index is 386. The van der Waals surface area contributed by atoms with Crippen molar-refractivity contribution in [2.75, 3.05) is 0 Å². The van der Waals surface area contributed by atoms with Crippen molar-refractivity contribution in [2.45, 2.75) is 71.9 Å². The van der Waals surface area contributed by atoms with E-state index in [4.69, 9.17) is 0 Å². The van der Waals surface area contributed by atoms with Crippen molar-refractivity contribution in [3.8, 4) is 0 Å². The van der Waals surface area contributed by atoms with E-state index in [1.54, 1.807) is 0 Å². The smallest absolute Gasteiger partial charge is 0.0327 e. The van der Waals surface area contributed by atoms with Crippen molar-refractivity contribution in [2.24, 2.45) is 11.3 Å². The van der Waals surface area contributed by atoms with E-state index in [-0.39, 0.29) is 0 Å². The summed E-state index contributed by atoms with van der Waals surface area (Å²) in [5.41, 5.74) is 1.79. The van der Waals surface area contributed by atoms with Crippen molar-refractivity contribution >= 4 is 0 Å². The first-order valence-electron chi connectivity index (χ1n) is 8.29. The largest absolute Gasteiger partial charge is 0.307 e. The molecule has 1 N–H and O–H groups in total. The predicted octanol–water partition coefficient (Wildman–Crippen LogP) is 5.33. The van der Waals surface area contributed by atoms with Crippen LogP contribution in [-0.2, 0) is 0 Å². The Morgan fingerprint density at radius 1 is 1.15 bits per heavy atom. The minimum Gasteiger partial charge on any atom is -0.307 e. The third kappa shape index (κ3) is 5.28. The summed E-state index contributed by atoms with van der Waals surface area (Å²) in [4.78, 5) is 0. The lowest BCUT2D eigenvalue weighted by molar-refractivity contribution is 0.282. The van der Waals surface area contributed by atoms with Crippen LogP contribution in [0.15, 0.2) is 30.3 Å². The Morgan fingerprint density at radius 3 is 2.30 bits per heavy atom. The fourth-order valence-electron chi connectivity index (χ4n) is 2.96. The summed E-state index contributed by atoms with van der Waals surface area (Å²) in [6.07, 6.45) is 6.70. The van der Waals surface area contributed by atoms with Crippen LogP contribution >= 0.6 is 0 Å². The van der Waals surface area contributed by atoms with Crippen LogP contribution in [0.1, 0.15) is 71.4 Å². The van der Waals surface area contributed by atoms with E-state index >= 15 is 0 Å². The number of rotatable bonds is 7. The van der Waals surface area contributed by atoms with E-state index in [9.17, 15) is 0 Å². The van der Waals surface area contributed by atoms with E-state index in [0.29, 0.717) is 17.5 Å². The first-order valence-corrected chi connectivity index (χ1v) is 8.29. The Labute approximate surface area is 125 Å². The van der Waals surface area contributed by atoms with Crippen molar-refractivity contribution in [1.29, 1.82) is 0 Å². The number of hydrogen-bond acceptors (Lipinski definition) is 1. The summed E-state index contributed by atoms with van der Waals surface area (Å²) in [6, 6.07) is 12.1. The maximum Gasteiger partial charge on any atom is 0.0327 e. The maximum absolute atomic E-state index is 3.95. The molecule has 0 bridgehead atoms. The Hall–Kier alpha value is -0.820. The number of hydrogen-bond donors (Lipinski definition) is 1. The zero-order chi connectivity index (χ0) is 14.6. The van der Waals surface area contributed by atoms with Crippen LogP contribution in [0.4, 0.5) is 0 Å². The highest BCUT2D eigenvalue weighted by Gasteiger charge is 2.27. The lowest BCUT2D eigenvalue weighted by Crippen LogP contribution is -2.35. The quantitative estimate of drug-likeness (QED) is 0.708. The molecule has 0 saturated heterocycles. The zero-order valence-electron chi connectivity index (χ0n) is 13.7. The van der Waals surface area contributed by atoms with Crippen LogP contribution in [0.25, 0.3) is 0 Å². The van der Waals surface area contributed by atoms with Crippen molar-refractivity contribution in [3.05, 3.63) is 35.9 Å². The fraction of sp³-hybridized carbons (Fsp3) is 0.684. The van der Waals surface area contributed by atoms with Crippen LogP contribution in [0.2, 0.25) is 0 Å². The third-order valence-electron chi connectivity index (χ3n) is 4.26. The molecule has 1 aliphatic rings. The topological polar surface area (TPSA) is 12.0 Å². The Balaban J connectivity index is 2.04.